The van der Waals surface area contributed by atoms with Crippen molar-refractivity contribution in [3.63, 3.8) is 0 Å². The summed E-state index contributed by atoms with van der Waals surface area (Å²) >= 11 is 0. The summed E-state index contributed by atoms with van der Waals surface area (Å²) in [4.78, 5) is 11.0. The number of carbonyl (C=O) groups is 1. The molecule has 4 nitrogen and oxygen atoms in total. The second-order valence-electron chi connectivity index (χ2n) is 2.66. The van der Waals surface area contributed by atoms with E-state index in [0.717, 1.165) is 13.0 Å². The van der Waals surface area contributed by atoms with E-state index in [9.17, 15) is 4.79 Å². The van der Waals surface area contributed by atoms with E-state index >= 15 is 0 Å². The molecular formula is C7H13NO3. The van der Waals surface area contributed by atoms with Gasteiger partial charge in [0.25, 0.3) is 0 Å². The molecule has 1 aliphatic rings. The van der Waals surface area contributed by atoms with E-state index in [4.69, 9.17) is 5.11 Å². The van der Waals surface area contributed by atoms with Gasteiger partial charge in [0, 0.05) is 6.04 Å². The molecule has 0 radical (unpaired) electrons. The molecular weight excluding hydrogens is 146 g/mol. The molecule has 1 fully saturated rings. The fourth-order valence-electron chi connectivity index (χ4n) is 1.39. The fourth-order valence-corrected chi connectivity index (χ4v) is 1.39. The Morgan fingerprint density at radius 2 is 2.55 bits per heavy atom. The normalized spacial score (nSPS) is 30.4. The summed E-state index contributed by atoms with van der Waals surface area (Å²) in [6.45, 7) is 0.782. The first-order chi connectivity index (χ1) is 5.29. The van der Waals surface area contributed by atoms with E-state index in [-0.39, 0.29) is 24.5 Å². The van der Waals surface area contributed by atoms with Gasteiger partial charge in [-0.2, -0.15) is 0 Å². The van der Waals surface area contributed by atoms with Crippen LogP contribution in [0.2, 0.25) is 0 Å². The average Bonchev–Trinajstić information content (AvgIpc) is 2.50. The predicted molar refractivity (Wildman–Crippen MR) is 39.0 cm³/mol. The Bertz CT molecular complexity index is 149. The number of rotatable bonds is 2. The van der Waals surface area contributed by atoms with Crippen LogP contribution in [0.4, 0.5) is 0 Å². The monoisotopic (exact) mass is 159 g/mol. The minimum Gasteiger partial charge on any atom is -0.469 e. The topological polar surface area (TPSA) is 58.6 Å². The smallest absolute Gasteiger partial charge is 0.310 e. The standard InChI is InChI=1S/C7H13NO3/c1-11-7(10)5-2-3-8-6(5)4-9/h5-6,8-9H,2-4H2,1H3/t5-,6-/m0/s1. The Labute approximate surface area is 65.5 Å². The van der Waals surface area contributed by atoms with Crippen molar-refractivity contribution in [1.82, 2.24) is 5.32 Å². The minimum atomic E-state index is -0.228. The Balaban J connectivity index is 2.49. The molecule has 0 amide bonds. The van der Waals surface area contributed by atoms with Crippen molar-refractivity contribution in [2.75, 3.05) is 20.3 Å². The number of methoxy groups -OCH3 is 1. The highest BCUT2D eigenvalue weighted by atomic mass is 16.5. The number of hydrogen-bond acceptors (Lipinski definition) is 4. The molecule has 1 heterocycles. The van der Waals surface area contributed by atoms with Gasteiger partial charge in [-0.1, -0.05) is 0 Å². The first-order valence-electron chi connectivity index (χ1n) is 3.71. The van der Waals surface area contributed by atoms with E-state index in [1.165, 1.54) is 7.11 Å². The largest absolute Gasteiger partial charge is 0.469 e. The van der Waals surface area contributed by atoms with Crippen LogP contribution < -0.4 is 5.32 Å². The van der Waals surface area contributed by atoms with E-state index in [1.54, 1.807) is 0 Å². The Morgan fingerprint density at radius 1 is 1.82 bits per heavy atom. The van der Waals surface area contributed by atoms with Gasteiger partial charge in [0.05, 0.1) is 19.6 Å². The highest BCUT2D eigenvalue weighted by Crippen LogP contribution is 2.16. The third-order valence-corrected chi connectivity index (χ3v) is 2.05. The zero-order chi connectivity index (χ0) is 8.27. The summed E-state index contributed by atoms with van der Waals surface area (Å²) in [7, 11) is 1.37. The van der Waals surface area contributed by atoms with E-state index in [0.29, 0.717) is 0 Å². The Hall–Kier alpha value is -0.610. The number of carbonyl (C=O) groups excluding carboxylic acids is 1. The van der Waals surface area contributed by atoms with Crippen LogP contribution in [0.3, 0.4) is 0 Å². The molecule has 64 valence electrons. The molecule has 2 N–H and O–H groups in total. The van der Waals surface area contributed by atoms with E-state index < -0.39 is 0 Å². The van der Waals surface area contributed by atoms with Crippen LogP contribution in [0, 0.1) is 5.92 Å². The number of esters is 1. The lowest BCUT2D eigenvalue weighted by molar-refractivity contribution is -0.146. The summed E-state index contributed by atoms with van der Waals surface area (Å²) in [6, 6.07) is -0.109. The lowest BCUT2D eigenvalue weighted by atomic mass is 10.0. The predicted octanol–water partition coefficient (Wildman–Crippen LogP) is -0.870. The van der Waals surface area contributed by atoms with Gasteiger partial charge < -0.3 is 15.2 Å². The van der Waals surface area contributed by atoms with Crippen LogP contribution in [0.1, 0.15) is 6.42 Å². The van der Waals surface area contributed by atoms with Crippen LogP contribution in [0.15, 0.2) is 0 Å². The highest BCUT2D eigenvalue weighted by molar-refractivity contribution is 5.73. The lowest BCUT2D eigenvalue weighted by Crippen LogP contribution is -2.35. The zero-order valence-corrected chi connectivity index (χ0v) is 6.54. The molecule has 0 aromatic heterocycles. The molecule has 1 aliphatic heterocycles. The molecule has 4 heteroatoms. The minimum absolute atomic E-state index is 0.000231. The number of hydrogen-bond donors (Lipinski definition) is 2. The fraction of sp³-hybridized carbons (Fsp3) is 0.857. The molecule has 0 unspecified atom stereocenters. The molecule has 1 rings (SSSR count). The van der Waals surface area contributed by atoms with Crippen molar-refractivity contribution in [3.8, 4) is 0 Å². The van der Waals surface area contributed by atoms with Gasteiger partial charge in [-0.3, -0.25) is 4.79 Å². The third kappa shape index (κ3) is 1.70. The maximum Gasteiger partial charge on any atom is 0.310 e. The SMILES string of the molecule is COC(=O)[C@H]1CCN[C@H]1CO. The highest BCUT2D eigenvalue weighted by Gasteiger charge is 2.32. The molecule has 0 saturated carbocycles. The van der Waals surface area contributed by atoms with Gasteiger partial charge in [0.1, 0.15) is 0 Å². The van der Waals surface area contributed by atoms with Crippen molar-refractivity contribution in [2.24, 2.45) is 5.92 Å². The molecule has 0 aliphatic carbocycles. The van der Waals surface area contributed by atoms with Gasteiger partial charge in [0.15, 0.2) is 0 Å². The van der Waals surface area contributed by atoms with Crippen molar-refractivity contribution >= 4 is 5.97 Å². The number of aliphatic hydroxyl groups excluding tert-OH is 1. The van der Waals surface area contributed by atoms with Crippen LogP contribution >= 0.6 is 0 Å². The van der Waals surface area contributed by atoms with Crippen LogP contribution in [-0.4, -0.2) is 37.4 Å². The molecule has 0 aromatic carbocycles. The summed E-state index contributed by atoms with van der Waals surface area (Å²) in [6.07, 6.45) is 0.762. The van der Waals surface area contributed by atoms with Gasteiger partial charge in [-0.25, -0.2) is 0 Å². The molecule has 11 heavy (non-hydrogen) atoms. The van der Waals surface area contributed by atoms with Gasteiger partial charge >= 0.3 is 5.97 Å². The van der Waals surface area contributed by atoms with E-state index in [1.807, 2.05) is 0 Å². The molecule has 1 saturated heterocycles. The zero-order valence-electron chi connectivity index (χ0n) is 6.54. The first kappa shape index (κ1) is 8.49. The summed E-state index contributed by atoms with van der Waals surface area (Å²) in [5.41, 5.74) is 0. The first-order valence-corrected chi connectivity index (χ1v) is 3.71. The van der Waals surface area contributed by atoms with Gasteiger partial charge in [-0.05, 0) is 13.0 Å². The number of ether oxygens (including phenoxy) is 1. The summed E-state index contributed by atoms with van der Waals surface area (Å²) in [5.74, 6) is -0.390. The van der Waals surface area contributed by atoms with E-state index in [2.05, 4.69) is 10.1 Å². The average molecular weight is 159 g/mol. The second kappa shape index (κ2) is 3.69. The van der Waals surface area contributed by atoms with Gasteiger partial charge in [-0.15, -0.1) is 0 Å². The molecule has 0 aromatic rings. The Morgan fingerprint density at radius 3 is 3.09 bits per heavy atom. The van der Waals surface area contributed by atoms with Gasteiger partial charge in [0.2, 0.25) is 0 Å². The number of aliphatic hydroxyl groups is 1. The summed E-state index contributed by atoms with van der Waals surface area (Å²) < 4.78 is 4.58. The lowest BCUT2D eigenvalue weighted by Gasteiger charge is -2.13. The quantitative estimate of drug-likeness (QED) is 0.514. The van der Waals surface area contributed by atoms with Crippen molar-refractivity contribution in [2.45, 2.75) is 12.5 Å². The van der Waals surface area contributed by atoms with Crippen LogP contribution in [-0.2, 0) is 9.53 Å². The van der Waals surface area contributed by atoms with Crippen molar-refractivity contribution < 1.29 is 14.6 Å². The molecule has 0 spiro atoms. The molecule has 0 bridgehead atoms. The van der Waals surface area contributed by atoms with Crippen molar-refractivity contribution in [1.29, 1.82) is 0 Å². The molecule has 2 atom stereocenters. The van der Waals surface area contributed by atoms with Crippen LogP contribution in [0.25, 0.3) is 0 Å². The maximum absolute atomic E-state index is 11.0. The second-order valence-corrected chi connectivity index (χ2v) is 2.66. The Kier molecular flexibility index (Phi) is 2.84. The maximum atomic E-state index is 11.0. The van der Waals surface area contributed by atoms with Crippen LogP contribution in [0.5, 0.6) is 0 Å². The third-order valence-electron chi connectivity index (χ3n) is 2.05. The number of nitrogens with one attached hydrogen (secondary N) is 1. The van der Waals surface area contributed by atoms with Crippen molar-refractivity contribution in [3.05, 3.63) is 0 Å². The summed E-state index contributed by atoms with van der Waals surface area (Å²) in [5, 5.41) is 11.8.